The number of amidine groups is 1. The lowest BCUT2D eigenvalue weighted by atomic mass is 9.93. The van der Waals surface area contributed by atoms with Crippen LogP contribution < -0.4 is 9.62 Å². The van der Waals surface area contributed by atoms with Gasteiger partial charge in [-0.25, -0.2) is 13.2 Å². The highest BCUT2D eigenvalue weighted by Crippen LogP contribution is 2.38. The fourth-order valence-corrected chi connectivity index (χ4v) is 5.98. The third-order valence-corrected chi connectivity index (χ3v) is 7.77. The normalized spacial score (nSPS) is 17.6. The van der Waals surface area contributed by atoms with E-state index >= 15 is 0 Å². The van der Waals surface area contributed by atoms with Crippen LogP contribution >= 0.6 is 11.8 Å². The van der Waals surface area contributed by atoms with E-state index in [0.717, 1.165) is 70.6 Å². The number of thioether (sulfide) groups is 1. The number of anilines is 2. The molecular weight excluding hydrogens is 526 g/mol. The minimum Gasteiger partial charge on any atom is -0.451 e. The van der Waals surface area contributed by atoms with Crippen molar-refractivity contribution in [3.63, 3.8) is 0 Å². The van der Waals surface area contributed by atoms with E-state index in [0.29, 0.717) is 17.9 Å². The predicted molar refractivity (Wildman–Crippen MR) is 152 cm³/mol. The number of aryl methyl sites for hydroxylation is 1. The molecule has 0 atom stereocenters. The topological polar surface area (TPSA) is 121 Å². The van der Waals surface area contributed by atoms with Crippen molar-refractivity contribution in [2.75, 3.05) is 36.1 Å². The number of rotatable bonds is 5. The Morgan fingerprint density at radius 2 is 1.92 bits per heavy atom. The van der Waals surface area contributed by atoms with Crippen LogP contribution in [0.2, 0.25) is 0 Å². The van der Waals surface area contributed by atoms with Crippen LogP contribution in [0.3, 0.4) is 0 Å². The molecular formula is C26H31N5O5S2. The van der Waals surface area contributed by atoms with Crippen LogP contribution in [0, 0.1) is 0 Å². The summed E-state index contributed by atoms with van der Waals surface area (Å²) in [6.07, 6.45) is 2.06. The van der Waals surface area contributed by atoms with Crippen molar-refractivity contribution in [1.29, 1.82) is 0 Å². The number of ether oxygens (including phenoxy) is 1. The summed E-state index contributed by atoms with van der Waals surface area (Å²) in [4.78, 5) is 31.5. The highest BCUT2D eigenvalue weighted by molar-refractivity contribution is 8.15. The largest absolute Gasteiger partial charge is 0.451 e. The number of benzene rings is 2. The second-order valence-electron chi connectivity index (χ2n) is 9.46. The van der Waals surface area contributed by atoms with Crippen molar-refractivity contribution in [3.8, 4) is 0 Å². The van der Waals surface area contributed by atoms with Gasteiger partial charge in [0.1, 0.15) is 5.84 Å². The van der Waals surface area contributed by atoms with E-state index in [4.69, 9.17) is 9.73 Å². The van der Waals surface area contributed by atoms with E-state index in [1.165, 1.54) is 7.11 Å². The maximum absolute atomic E-state index is 12.5. The van der Waals surface area contributed by atoms with Gasteiger partial charge in [-0.3, -0.25) is 14.5 Å². The monoisotopic (exact) mass is 557 g/mol. The van der Waals surface area contributed by atoms with Crippen LogP contribution in [0.5, 0.6) is 0 Å². The number of imide groups is 1. The number of aliphatic imine (C=N–C) groups is 1. The summed E-state index contributed by atoms with van der Waals surface area (Å²) >= 11 is 1.03. The molecule has 10 nitrogen and oxygen atoms in total. The molecule has 202 valence electrons. The van der Waals surface area contributed by atoms with Crippen molar-refractivity contribution in [2.24, 2.45) is 10.1 Å². The molecule has 2 amide bonds. The Hall–Kier alpha value is -3.38. The molecule has 0 aromatic heterocycles. The van der Waals surface area contributed by atoms with Crippen molar-refractivity contribution in [2.45, 2.75) is 38.4 Å². The third kappa shape index (κ3) is 5.86. The molecule has 2 aliphatic heterocycles. The zero-order valence-corrected chi connectivity index (χ0v) is 23.6. The summed E-state index contributed by atoms with van der Waals surface area (Å²) in [6, 6.07) is 13.2. The summed E-state index contributed by atoms with van der Waals surface area (Å²) in [6.45, 7) is 7.15. The Bertz CT molecular complexity index is 1420. The maximum Gasteiger partial charge on any atom is 0.438 e. The van der Waals surface area contributed by atoms with E-state index in [1.54, 1.807) is 12.1 Å². The van der Waals surface area contributed by atoms with Crippen molar-refractivity contribution in [3.05, 3.63) is 59.2 Å². The van der Waals surface area contributed by atoms with Crippen LogP contribution in [0.15, 0.2) is 52.6 Å². The lowest BCUT2D eigenvalue weighted by molar-refractivity contribution is 0.136. The first kappa shape index (κ1) is 27.6. The maximum atomic E-state index is 12.5. The van der Waals surface area contributed by atoms with E-state index in [9.17, 15) is 18.0 Å². The zero-order valence-electron chi connectivity index (χ0n) is 22.0. The van der Waals surface area contributed by atoms with E-state index in [1.807, 2.05) is 45.0 Å². The molecule has 0 aliphatic carbocycles. The van der Waals surface area contributed by atoms with Gasteiger partial charge < -0.3 is 9.64 Å². The van der Waals surface area contributed by atoms with Gasteiger partial charge in [-0.05, 0) is 92.9 Å². The van der Waals surface area contributed by atoms with Gasteiger partial charge in [-0.15, -0.1) is 5.01 Å². The summed E-state index contributed by atoms with van der Waals surface area (Å²) in [5.74, 6) is 0.806. The van der Waals surface area contributed by atoms with E-state index < -0.39 is 26.1 Å². The summed E-state index contributed by atoms with van der Waals surface area (Å²) in [7, 11) is -2.15. The molecule has 12 heteroatoms. The van der Waals surface area contributed by atoms with E-state index in [-0.39, 0.29) is 0 Å². The Kier molecular flexibility index (Phi) is 7.84. The average molecular weight is 558 g/mol. The Labute approximate surface area is 227 Å². The summed E-state index contributed by atoms with van der Waals surface area (Å²) in [5, 5.41) is 4.68. The first-order valence-corrected chi connectivity index (χ1v) is 14.9. The Morgan fingerprint density at radius 3 is 2.55 bits per heavy atom. The number of hydrazone groups is 1. The van der Waals surface area contributed by atoms with Gasteiger partial charge in [0.05, 0.1) is 23.8 Å². The van der Waals surface area contributed by atoms with Crippen LogP contribution in [-0.4, -0.2) is 67.5 Å². The molecule has 2 aliphatic rings. The van der Waals surface area contributed by atoms with Gasteiger partial charge in [0.15, 0.2) is 0 Å². The number of sulfonamides is 1. The number of carbonyl (C=O) groups is 2. The molecule has 2 aromatic rings. The highest BCUT2D eigenvalue weighted by Gasteiger charge is 2.40. The molecule has 0 spiro atoms. The first-order valence-electron chi connectivity index (χ1n) is 12.2. The molecule has 0 radical (unpaired) electrons. The van der Waals surface area contributed by atoms with Crippen molar-refractivity contribution < 1.29 is 22.7 Å². The highest BCUT2D eigenvalue weighted by atomic mass is 32.2. The average Bonchev–Trinajstić information content (AvgIpc) is 2.85. The fourth-order valence-electron chi connectivity index (χ4n) is 4.53. The second kappa shape index (κ2) is 10.8. The molecule has 0 saturated carbocycles. The van der Waals surface area contributed by atoms with Gasteiger partial charge in [-0.1, -0.05) is 6.07 Å². The van der Waals surface area contributed by atoms with Gasteiger partial charge in [-0.2, -0.15) is 5.10 Å². The van der Waals surface area contributed by atoms with Gasteiger partial charge in [0.25, 0.3) is 0 Å². The first-order chi connectivity index (χ1) is 17.9. The molecule has 0 bridgehead atoms. The van der Waals surface area contributed by atoms with Gasteiger partial charge >= 0.3 is 11.3 Å². The smallest absolute Gasteiger partial charge is 0.438 e. The molecule has 0 unspecified atom stereocenters. The molecule has 38 heavy (non-hydrogen) atoms. The lowest BCUT2D eigenvalue weighted by Gasteiger charge is -2.35. The minimum atomic E-state index is -3.36. The van der Waals surface area contributed by atoms with Crippen LogP contribution in [0.1, 0.15) is 43.9 Å². The number of nitrogens with zero attached hydrogens (tertiary/aromatic N) is 4. The zero-order chi connectivity index (χ0) is 27.7. The van der Waals surface area contributed by atoms with Crippen molar-refractivity contribution >= 4 is 56.0 Å². The number of carbonyl (C=O) groups excluding carboxylic acids is 2. The molecule has 0 saturated heterocycles. The molecule has 4 rings (SSSR count). The van der Waals surface area contributed by atoms with Crippen molar-refractivity contribution in [1.82, 2.24) is 5.01 Å². The Balaban J connectivity index is 1.70. The summed E-state index contributed by atoms with van der Waals surface area (Å²) in [5.41, 5.74) is 4.94. The van der Waals surface area contributed by atoms with E-state index in [2.05, 4.69) is 20.8 Å². The lowest BCUT2D eigenvalue weighted by Crippen LogP contribution is -2.43. The van der Waals surface area contributed by atoms with Gasteiger partial charge in [0.2, 0.25) is 10.0 Å². The molecule has 1 N–H and O–H groups in total. The standard InChI is InChI=1S/C26H31N5O5S2/c1-6-27-23(17-9-12-20(13-10-17)29-38(5,34)35)30-15-7-8-18-16-19(11-14-21(18)30)22-26(2,3)37-25(33)31(28-22)24(32)36-4/h9-14,16,29H,6-8,15H2,1-5H3/b27-23-. The molecule has 2 heterocycles. The summed E-state index contributed by atoms with van der Waals surface area (Å²) < 4.78 is 29.7. The van der Waals surface area contributed by atoms with Gasteiger partial charge in [0, 0.05) is 30.0 Å². The van der Waals surface area contributed by atoms with Crippen LogP contribution in [0.4, 0.5) is 21.0 Å². The number of hydrogen-bond donors (Lipinski definition) is 1. The number of methoxy groups -OCH3 is 1. The quantitative estimate of drug-likeness (QED) is 0.418. The van der Waals surface area contributed by atoms with Crippen LogP contribution in [0.25, 0.3) is 0 Å². The predicted octanol–water partition coefficient (Wildman–Crippen LogP) is 4.70. The fraction of sp³-hybridized carbons (Fsp3) is 0.385. The minimum absolute atomic E-state index is 0.479. The SMILES string of the molecule is CC/N=C(/c1ccc(NS(C)(=O)=O)cc1)N1CCCc2cc(C3=NN(C(=O)OC)C(=O)SC3(C)C)ccc21. The van der Waals surface area contributed by atoms with Crippen LogP contribution in [-0.2, 0) is 21.2 Å². The molecule has 0 fully saturated rings. The Morgan fingerprint density at radius 1 is 1.21 bits per heavy atom. The second-order valence-corrected chi connectivity index (χ2v) is 12.8. The third-order valence-electron chi connectivity index (χ3n) is 6.11. The number of nitrogens with one attached hydrogen (secondary N) is 1. The number of fused-ring (bicyclic) bond motifs is 1. The number of hydrogen-bond acceptors (Lipinski definition) is 8. The number of amides is 2. The molecule has 2 aromatic carbocycles.